The molecular formula is C37H61NO15. The second-order valence-electron chi connectivity index (χ2n) is 15.1. The largest absolute Gasteiger partial charge is 0.462 e. The molecule has 3 aliphatic rings. The number of carbonyl (C=O) groups is 4. The van der Waals surface area contributed by atoms with Crippen LogP contribution in [0.15, 0.2) is 12.2 Å². The highest BCUT2D eigenvalue weighted by Crippen LogP contribution is 2.37. The van der Waals surface area contributed by atoms with Gasteiger partial charge in [0.2, 0.25) is 0 Å². The maximum absolute atomic E-state index is 13.1. The monoisotopic (exact) mass is 759 g/mol. The Morgan fingerprint density at radius 1 is 1.00 bits per heavy atom. The normalized spacial score (nSPS) is 42.5. The number of aldehydes is 1. The molecule has 0 radical (unpaired) electrons. The Labute approximate surface area is 312 Å². The van der Waals surface area contributed by atoms with Gasteiger partial charge in [0.1, 0.15) is 42.4 Å². The molecule has 2 fully saturated rings. The molecule has 2 saturated heterocycles. The highest BCUT2D eigenvalue weighted by molar-refractivity contribution is 5.72. The lowest BCUT2D eigenvalue weighted by atomic mass is 9.82. The first kappa shape index (κ1) is 44.9. The predicted molar refractivity (Wildman–Crippen MR) is 187 cm³/mol. The number of aliphatic hydroxyl groups is 3. The van der Waals surface area contributed by atoms with Gasteiger partial charge >= 0.3 is 17.9 Å². The van der Waals surface area contributed by atoms with Crippen molar-refractivity contribution in [1.82, 2.24) is 4.90 Å². The molecule has 3 rings (SSSR count). The van der Waals surface area contributed by atoms with Crippen molar-refractivity contribution in [1.29, 1.82) is 0 Å². The number of hydrogen-bond donors (Lipinski definition) is 3. The molecule has 16 nitrogen and oxygen atoms in total. The van der Waals surface area contributed by atoms with E-state index in [9.17, 15) is 34.5 Å². The molecule has 0 aromatic rings. The maximum Gasteiger partial charge on any atom is 0.309 e. The van der Waals surface area contributed by atoms with Crippen molar-refractivity contribution >= 4 is 24.2 Å². The highest BCUT2D eigenvalue weighted by atomic mass is 16.7. The van der Waals surface area contributed by atoms with E-state index in [0.29, 0.717) is 12.7 Å². The van der Waals surface area contributed by atoms with Gasteiger partial charge < -0.3 is 62.9 Å². The molecule has 0 aromatic carbocycles. The molecular weight excluding hydrogens is 698 g/mol. The molecule has 1 unspecified atom stereocenters. The molecule has 0 bridgehead atoms. The van der Waals surface area contributed by atoms with E-state index < -0.39 is 109 Å². The SMILES string of the molecule is CO[C@@H]1C(O[C@@H]2O[C@H](C)[C@@H](O[C@H]3C[C@@](C)(O)[C@@H](OC(C)=O)[C@H](C)O3)[C@H](N(C)C)[C@H]2O)[C@@H](CC=O)C[C@@H](C)[C@@H](O)/C=C/C[C@@H](C)OC(=O)C[C@H]1OC(C)=O. The van der Waals surface area contributed by atoms with Gasteiger partial charge in [-0.15, -0.1) is 0 Å². The lowest BCUT2D eigenvalue weighted by molar-refractivity contribution is -0.344. The number of aliphatic hydroxyl groups excluding tert-OH is 2. The highest BCUT2D eigenvalue weighted by Gasteiger charge is 2.52. The molecule has 304 valence electrons. The summed E-state index contributed by atoms with van der Waals surface area (Å²) in [6, 6.07) is -0.769. The zero-order valence-corrected chi connectivity index (χ0v) is 32.6. The smallest absolute Gasteiger partial charge is 0.309 e. The van der Waals surface area contributed by atoms with Gasteiger partial charge in [-0.1, -0.05) is 19.1 Å². The van der Waals surface area contributed by atoms with Crippen molar-refractivity contribution in [3.63, 3.8) is 0 Å². The lowest BCUT2D eigenvalue weighted by Gasteiger charge is -2.50. The standard InChI is InChI=1S/C37H61NO15/c1-19-16-25(14-15-39)33(34(46-10)27(50-23(5)40)17-28(43)47-20(2)12-11-13-26(19)42)53-36-31(44)30(38(8)9)32(21(3)49-36)52-29-18-37(7,45)35(22(4)48-29)51-24(6)41/h11,13,15,19-22,25-27,29-36,42,44-45H,12,14,16-18H2,1-10H3/b13-11+/t19-,20-,21-,22+,25+,26+,27-,29+,30-,31-,32-,33?,34+,35+,36+,37-/m1/s1. The van der Waals surface area contributed by atoms with E-state index in [2.05, 4.69) is 0 Å². The summed E-state index contributed by atoms with van der Waals surface area (Å²) in [4.78, 5) is 51.1. The van der Waals surface area contributed by atoms with Gasteiger partial charge in [-0.05, 0) is 60.0 Å². The Hall–Kier alpha value is -2.54. The number of cyclic esters (lactones) is 1. The van der Waals surface area contributed by atoms with Gasteiger partial charge in [-0.3, -0.25) is 14.4 Å². The van der Waals surface area contributed by atoms with Crippen molar-refractivity contribution < 1.29 is 72.4 Å². The number of esters is 3. The second kappa shape index (κ2) is 19.9. The van der Waals surface area contributed by atoms with Gasteiger partial charge in [0.15, 0.2) is 18.7 Å². The van der Waals surface area contributed by atoms with E-state index in [1.54, 1.807) is 51.9 Å². The molecule has 0 aromatic heterocycles. The number of rotatable bonds is 10. The van der Waals surface area contributed by atoms with Crippen LogP contribution in [0.5, 0.6) is 0 Å². The third-order valence-corrected chi connectivity index (χ3v) is 10.2. The van der Waals surface area contributed by atoms with Crippen LogP contribution in [0, 0.1) is 11.8 Å². The Bertz CT molecular complexity index is 1240. The van der Waals surface area contributed by atoms with Gasteiger partial charge in [-0.25, -0.2) is 0 Å². The number of carbonyl (C=O) groups excluding carboxylic acids is 4. The summed E-state index contributed by atoms with van der Waals surface area (Å²) in [6.07, 6.45) is -7.70. The van der Waals surface area contributed by atoms with Crippen molar-refractivity contribution in [3.8, 4) is 0 Å². The van der Waals surface area contributed by atoms with Crippen molar-refractivity contribution in [2.24, 2.45) is 11.8 Å². The zero-order valence-electron chi connectivity index (χ0n) is 32.6. The summed E-state index contributed by atoms with van der Waals surface area (Å²) in [7, 11) is 4.84. The minimum atomic E-state index is -1.48. The van der Waals surface area contributed by atoms with Crippen molar-refractivity contribution in [2.45, 2.75) is 166 Å². The van der Waals surface area contributed by atoms with Crippen LogP contribution in [0.4, 0.5) is 0 Å². The summed E-state index contributed by atoms with van der Waals surface area (Å²) >= 11 is 0. The van der Waals surface area contributed by atoms with E-state index in [0.717, 1.165) is 0 Å². The molecule has 0 amide bonds. The maximum atomic E-state index is 13.1. The average molecular weight is 760 g/mol. The number of methoxy groups -OCH3 is 1. The van der Waals surface area contributed by atoms with Gasteiger partial charge in [0, 0.05) is 40.2 Å². The fourth-order valence-corrected chi connectivity index (χ4v) is 7.62. The lowest BCUT2D eigenvalue weighted by Crippen LogP contribution is -2.66. The third kappa shape index (κ3) is 12.2. The van der Waals surface area contributed by atoms with E-state index in [1.165, 1.54) is 27.9 Å². The molecule has 16 atom stereocenters. The summed E-state index contributed by atoms with van der Waals surface area (Å²) in [5, 5.41) is 34.1. The first-order valence-electron chi connectivity index (χ1n) is 18.3. The Morgan fingerprint density at radius 2 is 1.66 bits per heavy atom. The van der Waals surface area contributed by atoms with Gasteiger partial charge in [0.25, 0.3) is 0 Å². The average Bonchev–Trinajstić information content (AvgIpc) is 3.03. The third-order valence-electron chi connectivity index (χ3n) is 10.2. The van der Waals surface area contributed by atoms with Crippen LogP contribution >= 0.6 is 0 Å². The van der Waals surface area contributed by atoms with Gasteiger partial charge in [0.05, 0.1) is 36.9 Å². The van der Waals surface area contributed by atoms with Crippen molar-refractivity contribution in [3.05, 3.63) is 12.2 Å². The van der Waals surface area contributed by atoms with Crippen LogP contribution in [0.1, 0.15) is 80.6 Å². The first-order chi connectivity index (χ1) is 24.8. The van der Waals surface area contributed by atoms with Crippen LogP contribution < -0.4 is 0 Å². The summed E-state index contributed by atoms with van der Waals surface area (Å²) in [6.45, 7) is 10.9. The predicted octanol–water partition coefficient (Wildman–Crippen LogP) is 1.43. The number of nitrogens with zero attached hydrogens (tertiary/aromatic N) is 1. The summed E-state index contributed by atoms with van der Waals surface area (Å²) in [5.41, 5.74) is -1.48. The van der Waals surface area contributed by atoms with Crippen LogP contribution in [0.2, 0.25) is 0 Å². The van der Waals surface area contributed by atoms with Crippen LogP contribution in [0.3, 0.4) is 0 Å². The summed E-state index contributed by atoms with van der Waals surface area (Å²) < 4.78 is 47.8. The Morgan fingerprint density at radius 3 is 2.23 bits per heavy atom. The van der Waals surface area contributed by atoms with E-state index in [1.807, 2.05) is 6.92 Å². The van der Waals surface area contributed by atoms with E-state index >= 15 is 0 Å². The van der Waals surface area contributed by atoms with Crippen molar-refractivity contribution in [2.75, 3.05) is 21.2 Å². The Kier molecular flexibility index (Phi) is 16.8. The van der Waals surface area contributed by atoms with E-state index in [4.69, 9.17) is 37.9 Å². The molecule has 0 spiro atoms. The quantitative estimate of drug-likeness (QED) is 0.125. The fraction of sp³-hybridized carbons (Fsp3) is 0.838. The van der Waals surface area contributed by atoms with Gasteiger partial charge in [-0.2, -0.15) is 0 Å². The molecule has 3 aliphatic heterocycles. The van der Waals surface area contributed by atoms with Crippen LogP contribution in [-0.2, 0) is 57.1 Å². The molecule has 3 N–H and O–H groups in total. The Balaban J connectivity index is 1.99. The van der Waals surface area contributed by atoms with Crippen LogP contribution in [-0.4, -0.2) is 151 Å². The number of ether oxygens (including phenoxy) is 8. The molecule has 0 saturated carbocycles. The molecule has 0 aliphatic carbocycles. The number of hydrogen-bond acceptors (Lipinski definition) is 16. The molecule has 53 heavy (non-hydrogen) atoms. The van der Waals surface area contributed by atoms with E-state index in [-0.39, 0.29) is 31.6 Å². The first-order valence-corrected chi connectivity index (χ1v) is 18.3. The topological polar surface area (TPSA) is 206 Å². The molecule has 3 heterocycles. The van der Waals surface area contributed by atoms with Crippen LogP contribution in [0.25, 0.3) is 0 Å². The number of likely N-dealkylation sites (N-methyl/N-ethyl adjacent to an activating group) is 1. The second-order valence-corrected chi connectivity index (χ2v) is 15.1. The minimum Gasteiger partial charge on any atom is -0.462 e. The fourth-order valence-electron chi connectivity index (χ4n) is 7.62. The molecule has 16 heteroatoms. The zero-order chi connectivity index (χ0) is 39.8. The minimum absolute atomic E-state index is 0.0440. The summed E-state index contributed by atoms with van der Waals surface area (Å²) in [5.74, 6) is -2.97.